The highest BCUT2D eigenvalue weighted by Gasteiger charge is 2.24. The minimum Gasteiger partial charge on any atom is -0.207 e. The zero-order valence-corrected chi connectivity index (χ0v) is 15.0. The van der Waals surface area contributed by atoms with Crippen molar-refractivity contribution in [3.8, 4) is 11.1 Å². The molecule has 0 N–H and O–H groups in total. The van der Waals surface area contributed by atoms with Crippen molar-refractivity contribution in [2.24, 2.45) is 5.92 Å². The van der Waals surface area contributed by atoms with Gasteiger partial charge in [0.1, 0.15) is 23.3 Å². The molecule has 0 bridgehead atoms. The first-order valence-corrected chi connectivity index (χ1v) is 9.21. The van der Waals surface area contributed by atoms with E-state index in [2.05, 4.69) is 10.2 Å². The fourth-order valence-electron chi connectivity index (χ4n) is 3.59. The van der Waals surface area contributed by atoms with Crippen LogP contribution in [0.5, 0.6) is 0 Å². The highest BCUT2D eigenvalue weighted by atomic mass is 28.1. The third kappa shape index (κ3) is 3.66. The summed E-state index contributed by atoms with van der Waals surface area (Å²) in [7, 11) is 3.53. The van der Waals surface area contributed by atoms with E-state index in [1.54, 1.807) is 0 Å². The van der Waals surface area contributed by atoms with Crippen LogP contribution in [-0.2, 0) is 0 Å². The molecule has 3 rings (SSSR count). The summed E-state index contributed by atoms with van der Waals surface area (Å²) in [5.74, 6) is -2.45. The molecule has 3 radical (unpaired) electrons. The molecule has 1 fully saturated rings. The number of hydrogen-bond donors (Lipinski definition) is 0. The smallest absolute Gasteiger partial charge is 0.134 e. The number of hydrogen-bond acceptors (Lipinski definition) is 0. The van der Waals surface area contributed by atoms with Gasteiger partial charge < -0.3 is 0 Å². The molecular formula is C20H19F4Si. The van der Waals surface area contributed by atoms with Crippen LogP contribution in [-0.4, -0.2) is 10.2 Å². The molecule has 0 aromatic heterocycles. The van der Waals surface area contributed by atoms with Gasteiger partial charge in [0.2, 0.25) is 0 Å². The fourth-order valence-corrected chi connectivity index (χ4v) is 4.00. The molecule has 0 saturated heterocycles. The van der Waals surface area contributed by atoms with E-state index in [-0.39, 0.29) is 22.6 Å². The van der Waals surface area contributed by atoms with Crippen molar-refractivity contribution in [1.29, 1.82) is 0 Å². The molecule has 0 amide bonds. The summed E-state index contributed by atoms with van der Waals surface area (Å²) in [6.45, 7) is 1.29. The van der Waals surface area contributed by atoms with E-state index in [1.165, 1.54) is 19.1 Å². The van der Waals surface area contributed by atoms with E-state index in [4.69, 9.17) is 0 Å². The second-order valence-corrected chi connectivity index (χ2v) is 7.25. The highest BCUT2D eigenvalue weighted by Crippen LogP contribution is 2.39. The molecule has 25 heavy (non-hydrogen) atoms. The minimum absolute atomic E-state index is 0.120. The van der Waals surface area contributed by atoms with Crippen LogP contribution in [0, 0.1) is 36.1 Å². The first-order valence-electron chi connectivity index (χ1n) is 8.50. The third-order valence-corrected chi connectivity index (χ3v) is 5.82. The monoisotopic (exact) mass is 363 g/mol. The van der Waals surface area contributed by atoms with Crippen LogP contribution in [0.1, 0.15) is 42.7 Å². The molecule has 2 aromatic rings. The van der Waals surface area contributed by atoms with Crippen LogP contribution in [0.2, 0.25) is 6.04 Å². The van der Waals surface area contributed by atoms with Gasteiger partial charge in [0.25, 0.3) is 0 Å². The van der Waals surface area contributed by atoms with Crippen LogP contribution in [0.4, 0.5) is 17.6 Å². The maximum Gasteiger partial charge on any atom is 0.134 e. The highest BCUT2D eigenvalue weighted by molar-refractivity contribution is 6.08. The largest absolute Gasteiger partial charge is 0.207 e. The second-order valence-electron chi connectivity index (χ2n) is 6.85. The SMILES string of the molecule is Cc1c(F)cc(-c2c(F)cc(C3CCC(C[Si])CC3)cc2F)cc1F. The lowest BCUT2D eigenvalue weighted by Crippen LogP contribution is -2.13. The molecule has 1 saturated carbocycles. The average molecular weight is 363 g/mol. The summed E-state index contributed by atoms with van der Waals surface area (Å²) >= 11 is 0. The molecule has 2 aromatic carbocycles. The Balaban J connectivity index is 1.94. The Morgan fingerprint density at radius 3 is 1.84 bits per heavy atom. The van der Waals surface area contributed by atoms with Crippen LogP contribution < -0.4 is 0 Å². The predicted molar refractivity (Wildman–Crippen MR) is 91.7 cm³/mol. The van der Waals surface area contributed by atoms with E-state index in [9.17, 15) is 17.6 Å². The molecule has 0 nitrogen and oxygen atoms in total. The molecule has 0 aliphatic heterocycles. The topological polar surface area (TPSA) is 0 Å². The van der Waals surface area contributed by atoms with Crippen molar-refractivity contribution in [1.82, 2.24) is 0 Å². The lowest BCUT2D eigenvalue weighted by Gasteiger charge is -2.28. The van der Waals surface area contributed by atoms with Gasteiger partial charge in [0.05, 0.1) is 5.56 Å². The Morgan fingerprint density at radius 1 is 0.840 bits per heavy atom. The van der Waals surface area contributed by atoms with E-state index >= 15 is 0 Å². The van der Waals surface area contributed by atoms with Crippen LogP contribution in [0.3, 0.4) is 0 Å². The van der Waals surface area contributed by atoms with Crippen molar-refractivity contribution < 1.29 is 17.6 Å². The van der Waals surface area contributed by atoms with Crippen LogP contribution in [0.15, 0.2) is 24.3 Å². The maximum absolute atomic E-state index is 14.6. The van der Waals surface area contributed by atoms with Gasteiger partial charge in [-0.1, -0.05) is 18.9 Å². The average Bonchev–Trinajstić information content (AvgIpc) is 2.59. The quantitative estimate of drug-likeness (QED) is 0.458. The fraction of sp³-hybridized carbons (Fsp3) is 0.400. The van der Waals surface area contributed by atoms with Gasteiger partial charge in [-0.2, -0.15) is 0 Å². The van der Waals surface area contributed by atoms with Gasteiger partial charge in [-0.25, -0.2) is 17.6 Å². The van der Waals surface area contributed by atoms with Crippen LogP contribution >= 0.6 is 0 Å². The van der Waals surface area contributed by atoms with Gasteiger partial charge >= 0.3 is 0 Å². The molecule has 0 spiro atoms. The standard InChI is InChI=1S/C20H19F4Si/c1-11-16(21)8-15(9-17(11)22)20-18(23)6-14(7-19(20)24)13-4-2-12(10-25)3-5-13/h6-9,12-13H,2-5,10H2,1H3. The molecule has 0 unspecified atom stereocenters. The first kappa shape index (κ1) is 18.2. The Bertz CT molecular complexity index is 733. The summed E-state index contributed by atoms with van der Waals surface area (Å²) in [6.07, 6.45) is 3.82. The first-order chi connectivity index (χ1) is 11.9. The molecule has 1 aliphatic rings. The summed E-state index contributed by atoms with van der Waals surface area (Å²) in [5, 5.41) is 0. The zero-order valence-electron chi connectivity index (χ0n) is 14.0. The second kappa shape index (κ2) is 7.32. The Kier molecular flexibility index (Phi) is 5.32. The summed E-state index contributed by atoms with van der Waals surface area (Å²) in [5.41, 5.74) is -0.0379. The van der Waals surface area contributed by atoms with Crippen molar-refractivity contribution in [3.63, 3.8) is 0 Å². The van der Waals surface area contributed by atoms with Gasteiger partial charge in [0.15, 0.2) is 0 Å². The van der Waals surface area contributed by atoms with Gasteiger partial charge in [-0.05, 0) is 67.0 Å². The third-order valence-electron chi connectivity index (χ3n) is 5.24. The number of benzene rings is 2. The zero-order chi connectivity index (χ0) is 18.1. The minimum atomic E-state index is -0.814. The summed E-state index contributed by atoms with van der Waals surface area (Å²) in [6, 6.07) is 5.51. The van der Waals surface area contributed by atoms with E-state index in [1.807, 2.05) is 0 Å². The maximum atomic E-state index is 14.6. The van der Waals surface area contributed by atoms with Crippen molar-refractivity contribution in [2.75, 3.05) is 0 Å². The van der Waals surface area contributed by atoms with Crippen molar-refractivity contribution in [2.45, 2.75) is 44.6 Å². The molecule has 0 heterocycles. The lowest BCUT2D eigenvalue weighted by atomic mass is 9.79. The van der Waals surface area contributed by atoms with E-state index in [0.29, 0.717) is 11.5 Å². The van der Waals surface area contributed by atoms with Gasteiger partial charge in [-0.3, -0.25) is 0 Å². The predicted octanol–water partition coefficient (Wildman–Crippen LogP) is 6.08. The molecule has 0 atom stereocenters. The Labute approximate surface area is 148 Å². The molecule has 131 valence electrons. The van der Waals surface area contributed by atoms with Crippen molar-refractivity contribution in [3.05, 3.63) is 58.7 Å². The van der Waals surface area contributed by atoms with Gasteiger partial charge in [-0.15, -0.1) is 0 Å². The molecular weight excluding hydrogens is 344 g/mol. The van der Waals surface area contributed by atoms with Crippen LogP contribution in [0.25, 0.3) is 11.1 Å². The van der Waals surface area contributed by atoms with Crippen molar-refractivity contribution >= 4 is 10.2 Å². The number of rotatable bonds is 3. The molecule has 5 heteroatoms. The molecule has 1 aliphatic carbocycles. The summed E-state index contributed by atoms with van der Waals surface area (Å²) < 4.78 is 56.6. The van der Waals surface area contributed by atoms with E-state index in [0.717, 1.165) is 43.9 Å². The Hall–Kier alpha value is -1.62. The normalized spacial score (nSPS) is 20.7. The Morgan fingerprint density at radius 2 is 1.36 bits per heavy atom. The number of halogens is 4. The van der Waals surface area contributed by atoms with E-state index < -0.39 is 23.3 Å². The van der Waals surface area contributed by atoms with Gasteiger partial charge in [0, 0.05) is 15.8 Å². The lowest BCUT2D eigenvalue weighted by molar-refractivity contribution is 0.347. The summed E-state index contributed by atoms with van der Waals surface area (Å²) in [4.78, 5) is 0.